The van der Waals surface area contributed by atoms with Crippen LogP contribution in [0.3, 0.4) is 0 Å². The third-order valence-corrected chi connectivity index (χ3v) is 5.26. The van der Waals surface area contributed by atoms with Crippen LogP contribution in [0.2, 0.25) is 0 Å². The zero-order chi connectivity index (χ0) is 19.9. The van der Waals surface area contributed by atoms with Gasteiger partial charge < -0.3 is 9.47 Å². The van der Waals surface area contributed by atoms with E-state index < -0.39 is 0 Å². The molecule has 28 heavy (non-hydrogen) atoms. The summed E-state index contributed by atoms with van der Waals surface area (Å²) in [6.07, 6.45) is 1.85. The van der Waals surface area contributed by atoms with E-state index in [2.05, 4.69) is 37.9 Å². The first-order valence-corrected chi connectivity index (χ1v) is 10.1. The van der Waals surface area contributed by atoms with E-state index in [-0.39, 0.29) is 0 Å². The second-order valence-corrected chi connectivity index (χ2v) is 7.69. The number of hydrogen-bond acceptors (Lipinski definition) is 3. The van der Waals surface area contributed by atoms with Crippen molar-refractivity contribution in [1.82, 2.24) is 0 Å². The van der Waals surface area contributed by atoms with Crippen molar-refractivity contribution in [2.45, 2.75) is 6.61 Å². The number of nitriles is 1. The highest BCUT2D eigenvalue weighted by Crippen LogP contribution is 2.36. The van der Waals surface area contributed by atoms with Crippen LogP contribution in [0.4, 0.5) is 0 Å². The SMILES string of the molecule is COc1ccc(/C(C#N)=C/c2cc(Br)c(OCc3ccccc3)c(Br)c2)cc1. The summed E-state index contributed by atoms with van der Waals surface area (Å²) in [6.45, 7) is 0.475. The molecule has 3 rings (SSSR count). The fourth-order valence-electron chi connectivity index (χ4n) is 2.65. The first-order chi connectivity index (χ1) is 13.6. The molecule has 5 heteroatoms. The van der Waals surface area contributed by atoms with Gasteiger partial charge in [-0.2, -0.15) is 5.26 Å². The summed E-state index contributed by atoms with van der Waals surface area (Å²) in [5.74, 6) is 1.48. The predicted molar refractivity (Wildman–Crippen MR) is 119 cm³/mol. The summed E-state index contributed by atoms with van der Waals surface area (Å²) in [5, 5.41) is 9.57. The Morgan fingerprint density at radius 2 is 1.64 bits per heavy atom. The van der Waals surface area contributed by atoms with Crippen molar-refractivity contribution in [1.29, 1.82) is 5.26 Å². The second-order valence-electron chi connectivity index (χ2n) is 5.99. The largest absolute Gasteiger partial charge is 0.497 e. The van der Waals surface area contributed by atoms with Crippen LogP contribution < -0.4 is 9.47 Å². The van der Waals surface area contributed by atoms with Crippen LogP contribution in [0.5, 0.6) is 11.5 Å². The molecular formula is C23H17Br2NO2. The van der Waals surface area contributed by atoms with Crippen LogP contribution in [-0.2, 0) is 6.61 Å². The zero-order valence-corrected chi connectivity index (χ0v) is 18.3. The highest BCUT2D eigenvalue weighted by molar-refractivity contribution is 9.11. The van der Waals surface area contributed by atoms with Crippen molar-refractivity contribution in [3.05, 3.63) is 92.4 Å². The van der Waals surface area contributed by atoms with Gasteiger partial charge in [0.25, 0.3) is 0 Å². The molecule has 140 valence electrons. The Labute approximate surface area is 181 Å². The van der Waals surface area contributed by atoms with E-state index in [0.29, 0.717) is 12.2 Å². The molecule has 0 aliphatic rings. The van der Waals surface area contributed by atoms with Crippen LogP contribution >= 0.6 is 31.9 Å². The molecule has 0 aromatic heterocycles. The van der Waals surface area contributed by atoms with E-state index in [1.54, 1.807) is 7.11 Å². The number of rotatable bonds is 6. The smallest absolute Gasteiger partial charge is 0.148 e. The minimum atomic E-state index is 0.475. The molecular weight excluding hydrogens is 482 g/mol. The van der Waals surface area contributed by atoms with Crippen LogP contribution in [-0.4, -0.2) is 7.11 Å². The van der Waals surface area contributed by atoms with Crippen molar-refractivity contribution < 1.29 is 9.47 Å². The molecule has 0 heterocycles. The van der Waals surface area contributed by atoms with E-state index in [4.69, 9.17) is 9.47 Å². The number of nitrogens with zero attached hydrogens (tertiary/aromatic N) is 1. The van der Waals surface area contributed by atoms with Gasteiger partial charge in [0.05, 0.1) is 27.7 Å². The van der Waals surface area contributed by atoms with E-state index in [0.717, 1.165) is 37.1 Å². The standard InChI is InChI=1S/C23H17Br2NO2/c1-27-20-9-7-18(8-10-20)19(14-26)11-17-12-21(24)23(22(25)13-17)28-15-16-5-3-2-4-6-16/h2-13H,15H2,1H3/b19-11+. The highest BCUT2D eigenvalue weighted by Gasteiger charge is 2.10. The van der Waals surface area contributed by atoms with E-state index in [9.17, 15) is 5.26 Å². The molecule has 0 bridgehead atoms. The number of benzene rings is 3. The molecule has 0 saturated carbocycles. The molecule has 0 atom stereocenters. The van der Waals surface area contributed by atoms with Crippen molar-refractivity contribution in [3.63, 3.8) is 0 Å². The van der Waals surface area contributed by atoms with Gasteiger partial charge in [0.1, 0.15) is 18.1 Å². The fourth-order valence-corrected chi connectivity index (χ4v) is 4.10. The lowest BCUT2D eigenvalue weighted by Crippen LogP contribution is -1.97. The van der Waals surface area contributed by atoms with Gasteiger partial charge >= 0.3 is 0 Å². The van der Waals surface area contributed by atoms with Gasteiger partial charge in [0.15, 0.2) is 0 Å². The van der Waals surface area contributed by atoms with Crippen LogP contribution in [0, 0.1) is 11.3 Å². The molecule has 0 radical (unpaired) electrons. The molecule has 0 N–H and O–H groups in total. The van der Waals surface area contributed by atoms with Gasteiger partial charge in [-0.15, -0.1) is 0 Å². The van der Waals surface area contributed by atoms with Gasteiger partial charge in [-0.05, 0) is 91.0 Å². The average molecular weight is 499 g/mol. The maximum Gasteiger partial charge on any atom is 0.148 e. The minimum absolute atomic E-state index is 0.475. The summed E-state index contributed by atoms with van der Waals surface area (Å²) in [7, 11) is 1.62. The van der Waals surface area contributed by atoms with E-state index in [1.165, 1.54) is 0 Å². The predicted octanol–water partition coefficient (Wildman–Crippen LogP) is 6.86. The van der Waals surface area contributed by atoms with Crippen molar-refractivity contribution in [2.24, 2.45) is 0 Å². The highest BCUT2D eigenvalue weighted by atomic mass is 79.9. The summed E-state index contributed by atoms with van der Waals surface area (Å²) in [5.41, 5.74) is 3.38. The molecule has 3 aromatic rings. The second kappa shape index (κ2) is 9.59. The number of allylic oxidation sites excluding steroid dienone is 1. The Morgan fingerprint density at radius 3 is 2.21 bits per heavy atom. The monoisotopic (exact) mass is 497 g/mol. The van der Waals surface area contributed by atoms with Crippen LogP contribution in [0.25, 0.3) is 11.6 Å². The van der Waals surface area contributed by atoms with Crippen LogP contribution in [0.15, 0.2) is 75.7 Å². The lowest BCUT2D eigenvalue weighted by Gasteiger charge is -2.12. The normalized spacial score (nSPS) is 11.0. The quantitative estimate of drug-likeness (QED) is 0.275. The van der Waals surface area contributed by atoms with Gasteiger partial charge in [0, 0.05) is 0 Å². The lowest BCUT2D eigenvalue weighted by atomic mass is 10.0. The number of hydrogen-bond donors (Lipinski definition) is 0. The molecule has 0 fully saturated rings. The lowest BCUT2D eigenvalue weighted by molar-refractivity contribution is 0.302. The number of ether oxygens (including phenoxy) is 2. The minimum Gasteiger partial charge on any atom is -0.497 e. The zero-order valence-electron chi connectivity index (χ0n) is 15.2. The van der Waals surface area contributed by atoms with E-state index in [1.807, 2.05) is 72.8 Å². The Morgan fingerprint density at radius 1 is 1.00 bits per heavy atom. The van der Waals surface area contributed by atoms with Crippen molar-refractivity contribution in [2.75, 3.05) is 7.11 Å². The number of halogens is 2. The Hall–Kier alpha value is -2.55. The Kier molecular flexibility index (Phi) is 6.91. The molecule has 0 saturated heterocycles. The third kappa shape index (κ3) is 5.03. The summed E-state index contributed by atoms with van der Waals surface area (Å²) in [6, 6.07) is 23.5. The molecule has 0 spiro atoms. The van der Waals surface area contributed by atoms with E-state index >= 15 is 0 Å². The van der Waals surface area contributed by atoms with Gasteiger partial charge in [-0.3, -0.25) is 0 Å². The molecule has 0 aliphatic carbocycles. The summed E-state index contributed by atoms with van der Waals surface area (Å²) >= 11 is 7.15. The van der Waals surface area contributed by atoms with Crippen molar-refractivity contribution >= 4 is 43.5 Å². The van der Waals surface area contributed by atoms with Crippen LogP contribution in [0.1, 0.15) is 16.7 Å². The maximum atomic E-state index is 9.57. The fraction of sp³-hybridized carbons (Fsp3) is 0.0870. The molecule has 3 aromatic carbocycles. The third-order valence-electron chi connectivity index (χ3n) is 4.08. The number of methoxy groups -OCH3 is 1. The molecule has 0 amide bonds. The summed E-state index contributed by atoms with van der Waals surface area (Å²) < 4.78 is 12.8. The van der Waals surface area contributed by atoms with Gasteiger partial charge in [-0.25, -0.2) is 0 Å². The topological polar surface area (TPSA) is 42.2 Å². The Balaban J connectivity index is 1.84. The summed E-state index contributed by atoms with van der Waals surface area (Å²) in [4.78, 5) is 0. The first kappa shape index (κ1) is 20.2. The molecule has 3 nitrogen and oxygen atoms in total. The van der Waals surface area contributed by atoms with Gasteiger partial charge in [0.2, 0.25) is 0 Å². The Bertz CT molecular complexity index is 1000. The molecule has 0 unspecified atom stereocenters. The first-order valence-electron chi connectivity index (χ1n) is 8.52. The molecule has 0 aliphatic heterocycles. The maximum absolute atomic E-state index is 9.57. The van der Waals surface area contributed by atoms with Crippen molar-refractivity contribution in [3.8, 4) is 17.6 Å². The average Bonchev–Trinajstić information content (AvgIpc) is 2.72. The van der Waals surface area contributed by atoms with Gasteiger partial charge in [-0.1, -0.05) is 30.3 Å².